The molecule has 0 radical (unpaired) electrons. The molecule has 0 amide bonds. The van der Waals surface area contributed by atoms with E-state index in [1.54, 1.807) is 0 Å². The smallest absolute Gasteiger partial charge is 0.319 e. The predicted octanol–water partition coefficient (Wildman–Crippen LogP) is 3.23. The predicted molar refractivity (Wildman–Crippen MR) is 72.1 cm³/mol. The highest BCUT2D eigenvalue weighted by Gasteiger charge is 2.04. The quantitative estimate of drug-likeness (QED) is 0.412. The second-order valence-corrected chi connectivity index (χ2v) is 4.79. The van der Waals surface area contributed by atoms with Crippen molar-refractivity contribution >= 4 is 5.97 Å². The van der Waals surface area contributed by atoms with Crippen molar-refractivity contribution in [2.24, 2.45) is 0 Å². The first kappa shape index (κ1) is 16.4. The molecule has 0 aliphatic carbocycles. The Hall–Kier alpha value is -0.570. The molecule has 0 spiro atoms. The van der Waals surface area contributed by atoms with Crippen LogP contribution in [-0.2, 0) is 9.53 Å². The van der Waals surface area contributed by atoms with Gasteiger partial charge >= 0.3 is 5.97 Å². The molecule has 3 heteroatoms. The minimum absolute atomic E-state index is 0.146. The number of ether oxygens (including phenoxy) is 1. The van der Waals surface area contributed by atoms with Gasteiger partial charge in [0.05, 0.1) is 13.7 Å². The van der Waals surface area contributed by atoms with Crippen molar-refractivity contribution in [2.45, 2.75) is 58.3 Å². The molecular weight excluding hydrogens is 214 g/mol. The molecule has 0 aromatic rings. The van der Waals surface area contributed by atoms with Gasteiger partial charge in [0.2, 0.25) is 0 Å². The highest BCUT2D eigenvalue weighted by Crippen LogP contribution is 2.08. The fourth-order valence-electron chi connectivity index (χ4n) is 1.88. The van der Waals surface area contributed by atoms with E-state index in [4.69, 9.17) is 0 Å². The molecule has 102 valence electrons. The van der Waals surface area contributed by atoms with Crippen molar-refractivity contribution in [2.75, 3.05) is 27.2 Å². The van der Waals surface area contributed by atoms with Crippen LogP contribution in [0.25, 0.3) is 0 Å². The average Bonchev–Trinajstić information content (AvgIpc) is 2.32. The lowest BCUT2D eigenvalue weighted by atomic mass is 10.1. The van der Waals surface area contributed by atoms with Gasteiger partial charge in [-0.3, -0.25) is 9.69 Å². The summed E-state index contributed by atoms with van der Waals surface area (Å²) >= 11 is 0. The van der Waals surface area contributed by atoms with E-state index in [-0.39, 0.29) is 5.97 Å². The summed E-state index contributed by atoms with van der Waals surface area (Å²) in [5.74, 6) is -0.146. The molecular formula is C14H29NO2. The molecule has 0 aromatic heterocycles. The van der Waals surface area contributed by atoms with Crippen LogP contribution in [0.4, 0.5) is 0 Å². The third-order valence-corrected chi connectivity index (χ3v) is 3.02. The van der Waals surface area contributed by atoms with Gasteiger partial charge in [-0.15, -0.1) is 0 Å². The number of esters is 1. The number of hydrogen-bond donors (Lipinski definition) is 0. The first-order valence-corrected chi connectivity index (χ1v) is 6.96. The van der Waals surface area contributed by atoms with E-state index in [9.17, 15) is 4.79 Å². The fraction of sp³-hybridized carbons (Fsp3) is 0.929. The Balaban J connectivity index is 3.19. The molecule has 0 saturated carbocycles. The maximum Gasteiger partial charge on any atom is 0.319 e. The lowest BCUT2D eigenvalue weighted by Gasteiger charge is -2.14. The molecule has 0 fully saturated rings. The summed E-state index contributed by atoms with van der Waals surface area (Å²) in [6, 6.07) is 0. The lowest BCUT2D eigenvalue weighted by molar-refractivity contribution is -0.141. The third-order valence-electron chi connectivity index (χ3n) is 3.02. The molecule has 0 aromatic carbocycles. The van der Waals surface area contributed by atoms with Gasteiger partial charge in [-0.05, 0) is 20.0 Å². The summed E-state index contributed by atoms with van der Waals surface area (Å²) in [5.41, 5.74) is 0. The summed E-state index contributed by atoms with van der Waals surface area (Å²) in [4.78, 5) is 13.0. The molecule has 3 nitrogen and oxygen atoms in total. The number of likely N-dealkylation sites (N-methyl/N-ethyl adjacent to an activating group) is 1. The molecule has 0 aliphatic rings. The standard InChI is InChI=1S/C14H29NO2/c1-4-5-6-7-8-9-10-11-12-15(2)13-14(16)17-3/h4-13H2,1-3H3. The van der Waals surface area contributed by atoms with Crippen LogP contribution in [-0.4, -0.2) is 38.1 Å². The molecule has 0 bridgehead atoms. The fourth-order valence-corrected chi connectivity index (χ4v) is 1.88. The van der Waals surface area contributed by atoms with Gasteiger partial charge in [0.25, 0.3) is 0 Å². The Morgan fingerprint density at radius 3 is 2.06 bits per heavy atom. The summed E-state index contributed by atoms with van der Waals surface area (Å²) in [6.07, 6.45) is 10.6. The molecule has 0 aliphatic heterocycles. The molecule has 0 N–H and O–H groups in total. The summed E-state index contributed by atoms with van der Waals surface area (Å²) in [5, 5.41) is 0. The first-order chi connectivity index (χ1) is 8.20. The Labute approximate surface area is 107 Å². The molecule has 0 atom stereocenters. The van der Waals surface area contributed by atoms with Crippen molar-refractivity contribution in [1.29, 1.82) is 0 Å². The molecule has 0 heterocycles. The summed E-state index contributed by atoms with van der Waals surface area (Å²) < 4.78 is 4.62. The van der Waals surface area contributed by atoms with Crippen molar-refractivity contribution in [3.8, 4) is 0 Å². The van der Waals surface area contributed by atoms with Gasteiger partial charge < -0.3 is 4.74 Å². The van der Waals surface area contributed by atoms with Crippen LogP contribution in [0.3, 0.4) is 0 Å². The Kier molecular flexibility index (Phi) is 11.5. The zero-order valence-electron chi connectivity index (χ0n) is 11.8. The van der Waals surface area contributed by atoms with Crippen LogP contribution in [0, 0.1) is 0 Å². The third kappa shape index (κ3) is 11.7. The highest BCUT2D eigenvalue weighted by molar-refractivity contribution is 5.71. The van der Waals surface area contributed by atoms with E-state index < -0.39 is 0 Å². The summed E-state index contributed by atoms with van der Waals surface area (Å²) in [7, 11) is 3.41. The van der Waals surface area contributed by atoms with E-state index in [2.05, 4.69) is 11.7 Å². The van der Waals surface area contributed by atoms with E-state index in [0.717, 1.165) is 6.54 Å². The van der Waals surface area contributed by atoms with Crippen molar-refractivity contribution in [1.82, 2.24) is 4.90 Å². The van der Waals surface area contributed by atoms with E-state index >= 15 is 0 Å². The van der Waals surface area contributed by atoms with Crippen LogP contribution in [0.15, 0.2) is 0 Å². The lowest BCUT2D eigenvalue weighted by Crippen LogP contribution is -2.27. The van der Waals surface area contributed by atoms with Gasteiger partial charge in [0.1, 0.15) is 0 Å². The van der Waals surface area contributed by atoms with Crippen LogP contribution in [0.1, 0.15) is 58.3 Å². The number of carbonyl (C=O) groups is 1. The first-order valence-electron chi connectivity index (χ1n) is 6.96. The summed E-state index contributed by atoms with van der Waals surface area (Å²) in [6.45, 7) is 3.65. The van der Waals surface area contributed by atoms with Crippen molar-refractivity contribution < 1.29 is 9.53 Å². The van der Waals surface area contributed by atoms with Gasteiger partial charge in [-0.2, -0.15) is 0 Å². The van der Waals surface area contributed by atoms with Crippen LogP contribution in [0.2, 0.25) is 0 Å². The number of methoxy groups -OCH3 is 1. The molecule has 0 rings (SSSR count). The van der Waals surface area contributed by atoms with Crippen molar-refractivity contribution in [3.63, 3.8) is 0 Å². The van der Waals surface area contributed by atoms with Crippen molar-refractivity contribution in [3.05, 3.63) is 0 Å². The second kappa shape index (κ2) is 11.9. The van der Waals surface area contributed by atoms with E-state index in [1.165, 1.54) is 58.5 Å². The largest absolute Gasteiger partial charge is 0.468 e. The van der Waals surface area contributed by atoms with E-state index in [1.807, 2.05) is 11.9 Å². The second-order valence-electron chi connectivity index (χ2n) is 4.79. The maximum atomic E-state index is 11.0. The Bertz CT molecular complexity index is 183. The maximum absolute atomic E-state index is 11.0. The van der Waals surface area contributed by atoms with Gasteiger partial charge in [-0.25, -0.2) is 0 Å². The molecule has 17 heavy (non-hydrogen) atoms. The topological polar surface area (TPSA) is 29.5 Å². The number of carbonyl (C=O) groups excluding carboxylic acids is 1. The van der Waals surface area contributed by atoms with E-state index in [0.29, 0.717) is 6.54 Å². The number of hydrogen-bond acceptors (Lipinski definition) is 3. The SMILES string of the molecule is CCCCCCCCCCN(C)CC(=O)OC. The zero-order valence-corrected chi connectivity index (χ0v) is 11.8. The minimum atomic E-state index is -0.146. The molecule has 0 unspecified atom stereocenters. The number of rotatable bonds is 11. The average molecular weight is 243 g/mol. The Morgan fingerprint density at radius 1 is 1.00 bits per heavy atom. The zero-order chi connectivity index (χ0) is 12.9. The monoisotopic (exact) mass is 243 g/mol. The van der Waals surface area contributed by atoms with Crippen LogP contribution in [0.5, 0.6) is 0 Å². The number of nitrogens with zero attached hydrogens (tertiary/aromatic N) is 1. The molecule has 0 saturated heterocycles. The van der Waals surface area contributed by atoms with Crippen LogP contribution < -0.4 is 0 Å². The Morgan fingerprint density at radius 2 is 1.53 bits per heavy atom. The van der Waals surface area contributed by atoms with Gasteiger partial charge in [0, 0.05) is 0 Å². The number of unbranched alkanes of at least 4 members (excludes halogenated alkanes) is 7. The minimum Gasteiger partial charge on any atom is -0.468 e. The normalized spacial score (nSPS) is 10.8. The van der Waals surface area contributed by atoms with Gasteiger partial charge in [-0.1, -0.05) is 51.9 Å². The highest BCUT2D eigenvalue weighted by atomic mass is 16.5. The van der Waals surface area contributed by atoms with Crippen LogP contribution >= 0.6 is 0 Å². The van der Waals surface area contributed by atoms with Gasteiger partial charge in [0.15, 0.2) is 0 Å².